The predicted molar refractivity (Wildman–Crippen MR) is 127 cm³/mol. The van der Waals surface area contributed by atoms with Gasteiger partial charge in [0.25, 0.3) is 0 Å². The van der Waals surface area contributed by atoms with Gasteiger partial charge >= 0.3 is 0 Å². The van der Waals surface area contributed by atoms with Gasteiger partial charge in [0.1, 0.15) is 11.6 Å². The maximum absolute atomic E-state index is 12.4. The Morgan fingerprint density at radius 1 is 1.29 bits per heavy atom. The Balaban J connectivity index is 1.51. The Hall–Kier alpha value is -2.77. The Kier molecular flexibility index (Phi) is 7.76. The third-order valence-corrected chi connectivity index (χ3v) is 5.89. The van der Waals surface area contributed by atoms with Crippen molar-refractivity contribution in [3.05, 3.63) is 60.0 Å². The summed E-state index contributed by atoms with van der Waals surface area (Å²) in [6.45, 7) is 14.6. The number of hydrogen-bond donors (Lipinski definition) is 1. The van der Waals surface area contributed by atoms with Crippen LogP contribution in [0.25, 0.3) is 5.57 Å². The van der Waals surface area contributed by atoms with E-state index in [9.17, 15) is 4.79 Å². The maximum atomic E-state index is 12.4. The summed E-state index contributed by atoms with van der Waals surface area (Å²) in [5, 5.41) is 2.93. The topological polar surface area (TPSA) is 65.8 Å². The third-order valence-electron chi connectivity index (χ3n) is 5.89. The van der Waals surface area contributed by atoms with Crippen molar-refractivity contribution >= 4 is 17.7 Å². The summed E-state index contributed by atoms with van der Waals surface area (Å²) in [6.07, 6.45) is 12.2. The van der Waals surface area contributed by atoms with Crippen LogP contribution in [0.4, 0.5) is 0 Å². The molecule has 1 amide bonds. The van der Waals surface area contributed by atoms with Crippen molar-refractivity contribution in [1.82, 2.24) is 24.7 Å². The molecule has 3 heterocycles. The molecule has 7 nitrogen and oxygen atoms in total. The van der Waals surface area contributed by atoms with E-state index in [0.29, 0.717) is 18.4 Å². The average Bonchev–Trinajstić information content (AvgIpc) is 3.08. The second kappa shape index (κ2) is 10.5. The van der Waals surface area contributed by atoms with E-state index < -0.39 is 0 Å². The van der Waals surface area contributed by atoms with E-state index in [-0.39, 0.29) is 5.91 Å². The fraction of sp³-hybridized carbons (Fsp3) is 0.458. The lowest BCUT2D eigenvalue weighted by molar-refractivity contribution is -0.122. The molecular weight excluding hydrogens is 388 g/mol. The van der Waals surface area contributed by atoms with Gasteiger partial charge < -0.3 is 9.88 Å². The van der Waals surface area contributed by atoms with Crippen LogP contribution in [0.3, 0.4) is 0 Å². The maximum Gasteiger partial charge on any atom is 0.239 e. The largest absolute Gasteiger partial charge is 0.331 e. The zero-order valence-corrected chi connectivity index (χ0v) is 19.1. The van der Waals surface area contributed by atoms with Crippen molar-refractivity contribution in [3.8, 4) is 0 Å². The fourth-order valence-corrected chi connectivity index (χ4v) is 3.72. The number of rotatable bonds is 7. The molecular formula is C24H34N6O. The minimum atomic E-state index is -0.00533. The highest BCUT2D eigenvalue weighted by molar-refractivity contribution is 5.85. The van der Waals surface area contributed by atoms with Crippen LogP contribution in [0.15, 0.2) is 53.5 Å². The predicted octanol–water partition coefficient (Wildman–Crippen LogP) is 2.68. The van der Waals surface area contributed by atoms with Crippen LogP contribution in [0.5, 0.6) is 0 Å². The number of carbonyl (C=O) groups is 1. The average molecular weight is 423 g/mol. The summed E-state index contributed by atoms with van der Waals surface area (Å²) in [6, 6.07) is 0.561. The monoisotopic (exact) mass is 422 g/mol. The van der Waals surface area contributed by atoms with Crippen LogP contribution >= 0.6 is 0 Å². The van der Waals surface area contributed by atoms with E-state index >= 15 is 0 Å². The molecule has 1 aromatic rings. The molecule has 0 aromatic carbocycles. The Morgan fingerprint density at radius 2 is 2.03 bits per heavy atom. The molecule has 1 aromatic heterocycles. The van der Waals surface area contributed by atoms with Gasteiger partial charge in [0.05, 0.1) is 18.4 Å². The number of hydrogen-bond acceptors (Lipinski definition) is 5. The van der Waals surface area contributed by atoms with E-state index in [1.54, 1.807) is 0 Å². The third kappa shape index (κ3) is 6.12. The highest BCUT2D eigenvalue weighted by Crippen LogP contribution is 2.18. The second-order valence-electron chi connectivity index (χ2n) is 8.32. The summed E-state index contributed by atoms with van der Waals surface area (Å²) >= 11 is 0. The number of nitrogens with one attached hydrogen (secondary N) is 1. The normalized spacial score (nSPS) is 19.7. The molecule has 2 aliphatic rings. The fourth-order valence-electron chi connectivity index (χ4n) is 3.72. The van der Waals surface area contributed by atoms with Gasteiger partial charge in [0.15, 0.2) is 0 Å². The van der Waals surface area contributed by atoms with Crippen molar-refractivity contribution in [2.24, 2.45) is 12.0 Å². The number of aliphatic imine (C=N–C) groups is 1. The Labute approximate surface area is 185 Å². The van der Waals surface area contributed by atoms with Gasteiger partial charge in [0, 0.05) is 45.5 Å². The lowest BCUT2D eigenvalue weighted by Gasteiger charge is -2.36. The van der Waals surface area contributed by atoms with Crippen LogP contribution in [0.2, 0.25) is 0 Å². The van der Waals surface area contributed by atoms with Crippen LogP contribution in [0, 0.1) is 6.92 Å². The summed E-state index contributed by atoms with van der Waals surface area (Å²) in [4.78, 5) is 25.8. The van der Waals surface area contributed by atoms with E-state index in [0.717, 1.165) is 55.3 Å². The van der Waals surface area contributed by atoms with Crippen molar-refractivity contribution in [3.63, 3.8) is 0 Å². The Morgan fingerprint density at radius 3 is 2.58 bits per heavy atom. The minimum Gasteiger partial charge on any atom is -0.331 e. The number of amides is 1. The van der Waals surface area contributed by atoms with E-state index in [2.05, 4.69) is 45.5 Å². The summed E-state index contributed by atoms with van der Waals surface area (Å²) < 4.78 is 2.04. The van der Waals surface area contributed by atoms with Gasteiger partial charge in [-0.1, -0.05) is 24.8 Å². The highest BCUT2D eigenvalue weighted by Gasteiger charge is 2.20. The van der Waals surface area contributed by atoms with Gasteiger partial charge in [-0.05, 0) is 44.4 Å². The lowest BCUT2D eigenvalue weighted by Crippen LogP contribution is -2.51. The number of imidazole rings is 1. The molecule has 0 bridgehead atoms. The molecule has 0 saturated carbocycles. The molecule has 166 valence electrons. The van der Waals surface area contributed by atoms with Crippen LogP contribution < -0.4 is 5.32 Å². The smallest absolute Gasteiger partial charge is 0.239 e. The molecule has 1 N–H and O–H groups in total. The number of piperazine rings is 1. The van der Waals surface area contributed by atoms with Crippen LogP contribution in [-0.2, 0) is 11.8 Å². The van der Waals surface area contributed by atoms with Crippen molar-refractivity contribution in [2.75, 3.05) is 32.7 Å². The number of aromatic nitrogens is 2. The highest BCUT2D eigenvalue weighted by atomic mass is 16.2. The number of allylic oxidation sites excluding steroid dienone is 6. The van der Waals surface area contributed by atoms with E-state index in [4.69, 9.17) is 0 Å². The summed E-state index contributed by atoms with van der Waals surface area (Å²) in [5.74, 6) is 1.58. The van der Waals surface area contributed by atoms with Crippen LogP contribution in [-0.4, -0.2) is 70.2 Å². The molecule has 2 aliphatic heterocycles. The van der Waals surface area contributed by atoms with Gasteiger partial charge in [0.2, 0.25) is 5.91 Å². The number of aryl methyl sites for hydroxylation is 1. The molecule has 7 heteroatoms. The number of nitrogens with zero attached hydrogens (tertiary/aromatic N) is 5. The van der Waals surface area contributed by atoms with Gasteiger partial charge in [-0.25, -0.2) is 9.98 Å². The zero-order chi connectivity index (χ0) is 22.4. The minimum absolute atomic E-state index is 0.00533. The quantitative estimate of drug-likeness (QED) is 0.686. The van der Waals surface area contributed by atoms with Crippen molar-refractivity contribution in [1.29, 1.82) is 0 Å². The van der Waals surface area contributed by atoms with E-state index in [1.807, 2.05) is 55.3 Å². The zero-order valence-electron chi connectivity index (χ0n) is 19.1. The Bertz CT molecular complexity index is 926. The number of carbonyl (C=O) groups excluding carboxylic acids is 1. The molecule has 31 heavy (non-hydrogen) atoms. The van der Waals surface area contributed by atoms with E-state index in [1.165, 1.54) is 0 Å². The summed E-state index contributed by atoms with van der Waals surface area (Å²) in [5.41, 5.74) is 3.10. The first-order valence-electron chi connectivity index (χ1n) is 10.9. The first-order chi connectivity index (χ1) is 14.9. The summed E-state index contributed by atoms with van der Waals surface area (Å²) in [7, 11) is 1.99. The molecule has 0 unspecified atom stereocenters. The van der Waals surface area contributed by atoms with Gasteiger partial charge in [-0.3, -0.25) is 14.6 Å². The lowest BCUT2D eigenvalue weighted by atomic mass is 10.1. The van der Waals surface area contributed by atoms with Crippen LogP contribution in [0.1, 0.15) is 31.8 Å². The van der Waals surface area contributed by atoms with Gasteiger partial charge in [-0.15, -0.1) is 0 Å². The SMILES string of the molecule is C=C/C(=C\C=C1\C=NC(NC(=O)CN2CCN(C(C)C)CC2)=CC1)c1cnc(C)n1C. The first kappa shape index (κ1) is 22.9. The van der Waals surface area contributed by atoms with Crippen molar-refractivity contribution < 1.29 is 4.79 Å². The first-order valence-corrected chi connectivity index (χ1v) is 10.9. The second-order valence-corrected chi connectivity index (χ2v) is 8.32. The molecule has 0 atom stereocenters. The molecule has 0 aliphatic carbocycles. The van der Waals surface area contributed by atoms with Crippen molar-refractivity contribution in [2.45, 2.75) is 33.2 Å². The molecule has 3 rings (SSSR count). The van der Waals surface area contributed by atoms with Gasteiger partial charge in [-0.2, -0.15) is 0 Å². The molecule has 1 saturated heterocycles. The molecule has 1 fully saturated rings. The molecule has 0 radical (unpaired) electrons. The standard InChI is InChI=1S/C24H34N6O/c1-6-21(22-16-25-19(4)28(22)5)9-7-20-8-10-23(26-15-20)27-24(31)17-29-11-13-30(14-12-29)18(2)3/h6-7,9-10,15-16,18H,1,8,11-14,17H2,2-5H3,(H,27,31)/b20-7+,21-9+. The molecule has 0 spiro atoms.